The second kappa shape index (κ2) is 5.87. The zero-order chi connectivity index (χ0) is 18.4. The van der Waals surface area contributed by atoms with Crippen LogP contribution in [0.5, 0.6) is 11.5 Å². The van der Waals surface area contributed by atoms with Gasteiger partial charge in [0.25, 0.3) is 5.56 Å². The van der Waals surface area contributed by atoms with Crippen LogP contribution in [-0.2, 0) is 13.0 Å². The molecule has 132 valence electrons. The zero-order valence-corrected chi connectivity index (χ0v) is 14.3. The van der Waals surface area contributed by atoms with E-state index in [9.17, 15) is 14.7 Å². The summed E-state index contributed by atoms with van der Waals surface area (Å²) in [5, 5.41) is 9.60. The Morgan fingerprint density at radius 3 is 2.58 bits per heavy atom. The third kappa shape index (κ3) is 2.32. The molecule has 4 rings (SSSR count). The fraction of sp³-hybridized carbons (Fsp3) is 0.211. The summed E-state index contributed by atoms with van der Waals surface area (Å²) in [5.41, 5.74) is 2.07. The van der Waals surface area contributed by atoms with E-state index in [1.807, 2.05) is 6.07 Å². The largest absolute Gasteiger partial charge is 0.493 e. The Hall–Kier alpha value is -3.35. The molecule has 1 aliphatic rings. The topological polar surface area (TPSA) is 90.7 Å². The molecule has 0 atom stereocenters. The number of rotatable bonds is 3. The minimum absolute atomic E-state index is 0.0951. The lowest BCUT2D eigenvalue weighted by Crippen LogP contribution is -2.27. The number of carboxylic acid groups (broad SMARTS) is 1. The molecule has 7 heteroatoms. The van der Waals surface area contributed by atoms with Crippen molar-refractivity contribution in [2.24, 2.45) is 0 Å². The summed E-state index contributed by atoms with van der Waals surface area (Å²) < 4.78 is 12.3. The van der Waals surface area contributed by atoms with Crippen LogP contribution in [0.25, 0.3) is 22.3 Å². The van der Waals surface area contributed by atoms with Crippen molar-refractivity contribution in [3.8, 4) is 22.9 Å². The molecule has 0 spiro atoms. The zero-order valence-electron chi connectivity index (χ0n) is 14.3. The van der Waals surface area contributed by atoms with Crippen LogP contribution in [0.3, 0.4) is 0 Å². The normalized spacial score (nSPS) is 12.4. The molecule has 2 heterocycles. The highest BCUT2D eigenvalue weighted by atomic mass is 16.5. The first-order valence-electron chi connectivity index (χ1n) is 8.06. The predicted octanol–water partition coefficient (Wildman–Crippen LogP) is 2.33. The molecule has 1 aromatic heterocycles. The van der Waals surface area contributed by atoms with E-state index in [0.29, 0.717) is 41.2 Å². The van der Waals surface area contributed by atoms with Crippen molar-refractivity contribution in [1.29, 1.82) is 0 Å². The number of aryl methyl sites for hydroxylation is 1. The highest BCUT2D eigenvalue weighted by molar-refractivity contribution is 5.93. The Bertz CT molecular complexity index is 1120. The maximum absolute atomic E-state index is 12.9. The van der Waals surface area contributed by atoms with Crippen LogP contribution in [-0.4, -0.2) is 34.8 Å². The molecular weight excluding hydrogens is 336 g/mol. The minimum Gasteiger partial charge on any atom is -0.493 e. The number of hydrogen-bond acceptors (Lipinski definition) is 5. The summed E-state index contributed by atoms with van der Waals surface area (Å²) in [6.07, 6.45) is 0.670. The van der Waals surface area contributed by atoms with Crippen molar-refractivity contribution in [1.82, 2.24) is 9.55 Å². The fourth-order valence-electron chi connectivity index (χ4n) is 3.34. The lowest BCUT2D eigenvalue weighted by Gasteiger charge is -2.23. The summed E-state index contributed by atoms with van der Waals surface area (Å²) in [4.78, 5) is 28.7. The van der Waals surface area contributed by atoms with Gasteiger partial charge in [0.1, 0.15) is 5.82 Å². The third-order valence-corrected chi connectivity index (χ3v) is 4.66. The van der Waals surface area contributed by atoms with Gasteiger partial charge in [-0.1, -0.05) is 0 Å². The number of nitrogens with zero attached hydrogens (tertiary/aromatic N) is 2. The Kier molecular flexibility index (Phi) is 3.64. The highest BCUT2D eigenvalue weighted by Gasteiger charge is 2.23. The van der Waals surface area contributed by atoms with Crippen LogP contribution in [0, 0.1) is 0 Å². The average molecular weight is 352 g/mol. The molecule has 3 aromatic rings. The van der Waals surface area contributed by atoms with Gasteiger partial charge in [0, 0.05) is 12.1 Å². The lowest BCUT2D eigenvalue weighted by molar-refractivity contribution is 0.0697. The summed E-state index contributed by atoms with van der Waals surface area (Å²) in [6, 6.07) is 8.06. The molecule has 26 heavy (non-hydrogen) atoms. The average Bonchev–Trinajstić information content (AvgIpc) is 2.66. The molecule has 0 unspecified atom stereocenters. The number of benzene rings is 2. The summed E-state index contributed by atoms with van der Waals surface area (Å²) in [5.74, 6) is 0.620. The van der Waals surface area contributed by atoms with Gasteiger partial charge in [-0.15, -0.1) is 0 Å². The van der Waals surface area contributed by atoms with Gasteiger partial charge in [0.05, 0.1) is 30.7 Å². The fourth-order valence-corrected chi connectivity index (χ4v) is 3.34. The third-order valence-electron chi connectivity index (χ3n) is 4.66. The molecule has 0 fully saturated rings. The van der Waals surface area contributed by atoms with Gasteiger partial charge in [0.15, 0.2) is 11.5 Å². The molecule has 0 amide bonds. The van der Waals surface area contributed by atoms with E-state index in [-0.39, 0.29) is 11.1 Å². The second-order valence-corrected chi connectivity index (χ2v) is 6.04. The first-order valence-corrected chi connectivity index (χ1v) is 8.06. The Morgan fingerprint density at radius 2 is 1.88 bits per heavy atom. The van der Waals surface area contributed by atoms with E-state index in [1.165, 1.54) is 18.2 Å². The quantitative estimate of drug-likeness (QED) is 0.778. The van der Waals surface area contributed by atoms with Crippen molar-refractivity contribution in [2.75, 3.05) is 14.2 Å². The number of ether oxygens (including phenoxy) is 2. The van der Waals surface area contributed by atoms with Gasteiger partial charge in [-0.25, -0.2) is 9.78 Å². The maximum atomic E-state index is 12.9. The van der Waals surface area contributed by atoms with E-state index in [1.54, 1.807) is 24.9 Å². The molecule has 0 radical (unpaired) electrons. The van der Waals surface area contributed by atoms with Crippen molar-refractivity contribution in [3.63, 3.8) is 0 Å². The lowest BCUT2D eigenvalue weighted by atomic mass is 9.98. The van der Waals surface area contributed by atoms with E-state index < -0.39 is 5.97 Å². The molecule has 1 N–H and O–H groups in total. The van der Waals surface area contributed by atoms with Gasteiger partial charge in [-0.2, -0.15) is 0 Å². The van der Waals surface area contributed by atoms with Crippen molar-refractivity contribution in [2.45, 2.75) is 13.0 Å². The van der Waals surface area contributed by atoms with Crippen LogP contribution in [0.1, 0.15) is 15.9 Å². The number of fused-ring (bicyclic) bond motifs is 4. The highest BCUT2D eigenvalue weighted by Crippen LogP contribution is 2.37. The van der Waals surface area contributed by atoms with Crippen molar-refractivity contribution in [3.05, 3.63) is 51.8 Å². The number of carbonyl (C=O) groups is 1. The molecule has 0 aliphatic carbocycles. The van der Waals surface area contributed by atoms with Crippen LogP contribution < -0.4 is 15.0 Å². The van der Waals surface area contributed by atoms with Crippen LogP contribution >= 0.6 is 0 Å². The standard InChI is InChI=1S/C19H16N2O5/c1-25-15-8-10-5-6-21-17(13(10)9-16(15)26-2)20-14-7-11(19(23)24)3-4-12(14)18(21)22/h3-4,7-9H,5-6H2,1-2H3,(H,23,24). The monoisotopic (exact) mass is 352 g/mol. The van der Waals surface area contributed by atoms with Crippen molar-refractivity contribution < 1.29 is 19.4 Å². The second-order valence-electron chi connectivity index (χ2n) is 6.04. The maximum Gasteiger partial charge on any atom is 0.335 e. The van der Waals surface area contributed by atoms with Gasteiger partial charge < -0.3 is 14.6 Å². The first-order chi connectivity index (χ1) is 12.5. The van der Waals surface area contributed by atoms with Crippen molar-refractivity contribution >= 4 is 16.9 Å². The Morgan fingerprint density at radius 1 is 1.15 bits per heavy atom. The first kappa shape index (κ1) is 16.1. The molecular formula is C19H16N2O5. The summed E-state index contributed by atoms with van der Waals surface area (Å²) in [6.45, 7) is 0.500. The number of aromatic nitrogens is 2. The minimum atomic E-state index is -1.06. The summed E-state index contributed by atoms with van der Waals surface area (Å²) in [7, 11) is 3.12. The molecule has 1 aliphatic heterocycles. The van der Waals surface area contributed by atoms with Gasteiger partial charge in [-0.05, 0) is 42.3 Å². The Labute approximate surface area is 148 Å². The van der Waals surface area contributed by atoms with Crippen LogP contribution in [0.15, 0.2) is 35.1 Å². The molecule has 2 aromatic carbocycles. The molecule has 0 saturated heterocycles. The molecule has 7 nitrogen and oxygen atoms in total. The van der Waals surface area contributed by atoms with Crippen LogP contribution in [0.4, 0.5) is 0 Å². The Balaban J connectivity index is 2.02. The van der Waals surface area contributed by atoms with Gasteiger partial charge in [-0.3, -0.25) is 9.36 Å². The number of aromatic carboxylic acids is 1. The van der Waals surface area contributed by atoms with Gasteiger partial charge in [0.2, 0.25) is 0 Å². The van der Waals surface area contributed by atoms with Gasteiger partial charge >= 0.3 is 5.97 Å². The number of methoxy groups -OCH3 is 2. The van der Waals surface area contributed by atoms with E-state index in [0.717, 1.165) is 11.1 Å². The van der Waals surface area contributed by atoms with Crippen LogP contribution in [0.2, 0.25) is 0 Å². The van der Waals surface area contributed by atoms with E-state index in [4.69, 9.17) is 9.47 Å². The number of hydrogen-bond donors (Lipinski definition) is 1. The van der Waals surface area contributed by atoms with E-state index >= 15 is 0 Å². The smallest absolute Gasteiger partial charge is 0.335 e. The van der Waals surface area contributed by atoms with E-state index in [2.05, 4.69) is 4.98 Å². The molecule has 0 bridgehead atoms. The SMILES string of the molecule is COc1cc2c(cc1OC)-c1nc3cc(C(=O)O)ccc3c(=O)n1CC2. The molecule has 0 saturated carbocycles. The summed E-state index contributed by atoms with van der Waals surface area (Å²) >= 11 is 0. The number of carboxylic acids is 1. The predicted molar refractivity (Wildman–Crippen MR) is 95.2 cm³/mol.